The molecule has 21 heavy (non-hydrogen) atoms. The van der Waals surface area contributed by atoms with Crippen molar-refractivity contribution >= 4 is 27.3 Å². The van der Waals surface area contributed by atoms with E-state index < -0.39 is 4.92 Å². The molecule has 2 aromatic rings. The predicted molar refractivity (Wildman–Crippen MR) is 84.0 cm³/mol. The molecule has 1 N–H and O–H groups in total. The number of nitro groups is 1. The minimum atomic E-state index is -0.419. The number of aryl methyl sites for hydroxylation is 1. The summed E-state index contributed by atoms with van der Waals surface area (Å²) in [4.78, 5) is 10.3. The quantitative estimate of drug-likeness (QED) is 0.623. The maximum absolute atomic E-state index is 13.2. The lowest BCUT2D eigenvalue weighted by Gasteiger charge is -2.17. The zero-order chi connectivity index (χ0) is 15.6. The molecule has 0 saturated carbocycles. The third-order valence-corrected chi connectivity index (χ3v) is 3.84. The highest BCUT2D eigenvalue weighted by molar-refractivity contribution is 9.10. The van der Waals surface area contributed by atoms with Crippen LogP contribution in [0.4, 0.5) is 15.8 Å². The molecule has 0 saturated heterocycles. The van der Waals surface area contributed by atoms with Crippen LogP contribution in [-0.4, -0.2) is 4.92 Å². The zero-order valence-corrected chi connectivity index (χ0v) is 13.1. The fourth-order valence-electron chi connectivity index (χ4n) is 2.02. The fraction of sp³-hybridized carbons (Fsp3) is 0.200. The van der Waals surface area contributed by atoms with Gasteiger partial charge in [-0.3, -0.25) is 10.1 Å². The van der Waals surface area contributed by atoms with Crippen LogP contribution in [0.25, 0.3) is 0 Å². The number of nitrogens with zero attached hydrogens (tertiary/aromatic N) is 1. The van der Waals surface area contributed by atoms with Gasteiger partial charge in [-0.1, -0.05) is 6.07 Å². The van der Waals surface area contributed by atoms with E-state index in [1.165, 1.54) is 18.2 Å². The van der Waals surface area contributed by atoms with Crippen molar-refractivity contribution < 1.29 is 9.31 Å². The number of halogens is 2. The van der Waals surface area contributed by atoms with E-state index in [-0.39, 0.29) is 17.5 Å². The number of hydrogen-bond donors (Lipinski definition) is 1. The molecule has 2 aromatic carbocycles. The maximum atomic E-state index is 13.2. The maximum Gasteiger partial charge on any atom is 0.269 e. The van der Waals surface area contributed by atoms with Crippen molar-refractivity contribution in [1.82, 2.24) is 0 Å². The normalized spacial score (nSPS) is 12.0. The van der Waals surface area contributed by atoms with Crippen LogP contribution in [0.5, 0.6) is 0 Å². The van der Waals surface area contributed by atoms with Gasteiger partial charge in [0, 0.05) is 23.9 Å². The molecule has 2 rings (SSSR count). The highest BCUT2D eigenvalue weighted by Crippen LogP contribution is 2.27. The average Bonchev–Trinajstić information content (AvgIpc) is 2.43. The monoisotopic (exact) mass is 352 g/mol. The lowest BCUT2D eigenvalue weighted by Crippen LogP contribution is -2.08. The van der Waals surface area contributed by atoms with Gasteiger partial charge in [-0.05, 0) is 59.1 Å². The minimum absolute atomic E-state index is 0.0537. The van der Waals surface area contributed by atoms with E-state index in [2.05, 4.69) is 21.2 Å². The Kier molecular flexibility index (Phi) is 4.57. The Morgan fingerprint density at radius 1 is 1.29 bits per heavy atom. The molecule has 0 spiro atoms. The third kappa shape index (κ3) is 3.58. The molecular formula is C15H14BrFN2O2. The fourth-order valence-corrected chi connectivity index (χ4v) is 2.42. The van der Waals surface area contributed by atoms with Crippen LogP contribution in [0.1, 0.15) is 24.1 Å². The van der Waals surface area contributed by atoms with E-state index in [0.29, 0.717) is 4.47 Å². The van der Waals surface area contributed by atoms with Gasteiger partial charge in [-0.25, -0.2) is 4.39 Å². The van der Waals surface area contributed by atoms with Crippen molar-refractivity contribution in [3.63, 3.8) is 0 Å². The second-order valence-electron chi connectivity index (χ2n) is 4.80. The summed E-state index contributed by atoms with van der Waals surface area (Å²) in [5, 5.41) is 14.0. The van der Waals surface area contributed by atoms with Crippen LogP contribution < -0.4 is 5.32 Å². The van der Waals surface area contributed by atoms with Crippen molar-refractivity contribution in [2.75, 3.05) is 5.32 Å². The van der Waals surface area contributed by atoms with Crippen LogP contribution in [-0.2, 0) is 0 Å². The molecular weight excluding hydrogens is 339 g/mol. The van der Waals surface area contributed by atoms with E-state index >= 15 is 0 Å². The van der Waals surface area contributed by atoms with E-state index in [1.54, 1.807) is 18.2 Å². The second-order valence-corrected chi connectivity index (χ2v) is 5.65. The second kappa shape index (κ2) is 6.22. The molecule has 0 aliphatic carbocycles. The standard InChI is InChI=1S/C15H14BrFN2O2/c1-9-7-12(19(20)21)4-6-15(9)18-10(2)11-3-5-14(17)13(16)8-11/h3-8,10,18H,1-2H3. The summed E-state index contributed by atoms with van der Waals surface area (Å²) in [5.74, 6) is -0.308. The highest BCUT2D eigenvalue weighted by atomic mass is 79.9. The Hall–Kier alpha value is -1.95. The topological polar surface area (TPSA) is 55.2 Å². The van der Waals surface area contributed by atoms with E-state index in [0.717, 1.165) is 16.8 Å². The lowest BCUT2D eigenvalue weighted by atomic mass is 10.1. The zero-order valence-electron chi connectivity index (χ0n) is 11.6. The molecule has 4 nitrogen and oxygen atoms in total. The van der Waals surface area contributed by atoms with Gasteiger partial charge in [0.05, 0.1) is 9.40 Å². The first-order valence-electron chi connectivity index (χ1n) is 6.35. The van der Waals surface area contributed by atoms with Gasteiger partial charge in [0.25, 0.3) is 5.69 Å². The van der Waals surface area contributed by atoms with Crippen LogP contribution in [0.3, 0.4) is 0 Å². The number of nitro benzene ring substituents is 1. The Balaban J connectivity index is 2.21. The number of non-ortho nitro benzene ring substituents is 1. The molecule has 110 valence electrons. The Labute approximate surface area is 130 Å². The summed E-state index contributed by atoms with van der Waals surface area (Å²) < 4.78 is 13.7. The summed E-state index contributed by atoms with van der Waals surface area (Å²) in [5.41, 5.74) is 2.59. The van der Waals surface area contributed by atoms with Crippen LogP contribution >= 0.6 is 15.9 Å². The summed E-state index contributed by atoms with van der Waals surface area (Å²) in [6.07, 6.45) is 0. The minimum Gasteiger partial charge on any atom is -0.378 e. The average molecular weight is 353 g/mol. The first-order valence-corrected chi connectivity index (χ1v) is 7.14. The van der Waals surface area contributed by atoms with Crippen LogP contribution in [0, 0.1) is 22.9 Å². The molecule has 1 atom stereocenters. The first kappa shape index (κ1) is 15.4. The molecule has 0 heterocycles. The highest BCUT2D eigenvalue weighted by Gasteiger charge is 2.12. The van der Waals surface area contributed by atoms with E-state index in [1.807, 2.05) is 13.8 Å². The number of nitrogens with one attached hydrogen (secondary N) is 1. The van der Waals surface area contributed by atoms with Crippen molar-refractivity contribution in [3.05, 3.63) is 67.9 Å². The van der Waals surface area contributed by atoms with Gasteiger partial charge in [0.1, 0.15) is 5.82 Å². The summed E-state index contributed by atoms with van der Waals surface area (Å²) in [6, 6.07) is 9.44. The molecule has 0 bridgehead atoms. The summed E-state index contributed by atoms with van der Waals surface area (Å²) in [7, 11) is 0. The number of anilines is 1. The molecule has 1 unspecified atom stereocenters. The predicted octanol–water partition coefficient (Wildman–Crippen LogP) is 4.98. The van der Waals surface area contributed by atoms with Gasteiger partial charge >= 0.3 is 0 Å². The first-order chi connectivity index (χ1) is 9.88. The largest absolute Gasteiger partial charge is 0.378 e. The van der Waals surface area contributed by atoms with Crippen molar-refractivity contribution in [2.24, 2.45) is 0 Å². The molecule has 0 radical (unpaired) electrons. The van der Waals surface area contributed by atoms with Gasteiger partial charge in [0.15, 0.2) is 0 Å². The van der Waals surface area contributed by atoms with Crippen LogP contribution in [0.2, 0.25) is 0 Å². The Bertz CT molecular complexity index is 691. The smallest absolute Gasteiger partial charge is 0.269 e. The van der Waals surface area contributed by atoms with Gasteiger partial charge in [0.2, 0.25) is 0 Å². The van der Waals surface area contributed by atoms with Crippen molar-refractivity contribution in [1.29, 1.82) is 0 Å². The van der Waals surface area contributed by atoms with Gasteiger partial charge < -0.3 is 5.32 Å². The number of benzene rings is 2. The summed E-state index contributed by atoms with van der Waals surface area (Å²) >= 11 is 3.16. The van der Waals surface area contributed by atoms with Crippen LogP contribution in [0.15, 0.2) is 40.9 Å². The molecule has 0 aliphatic heterocycles. The molecule has 0 amide bonds. The SMILES string of the molecule is Cc1cc([N+](=O)[O-])ccc1NC(C)c1ccc(F)c(Br)c1. The van der Waals surface area contributed by atoms with Crippen molar-refractivity contribution in [3.8, 4) is 0 Å². The molecule has 6 heteroatoms. The van der Waals surface area contributed by atoms with E-state index in [4.69, 9.17) is 0 Å². The Morgan fingerprint density at radius 2 is 2.00 bits per heavy atom. The van der Waals surface area contributed by atoms with Crippen molar-refractivity contribution in [2.45, 2.75) is 19.9 Å². The number of hydrogen-bond acceptors (Lipinski definition) is 3. The van der Waals surface area contributed by atoms with E-state index in [9.17, 15) is 14.5 Å². The molecule has 0 fully saturated rings. The number of rotatable bonds is 4. The third-order valence-electron chi connectivity index (χ3n) is 3.24. The Morgan fingerprint density at radius 3 is 2.57 bits per heavy atom. The van der Waals surface area contributed by atoms with Gasteiger partial charge in [-0.15, -0.1) is 0 Å². The van der Waals surface area contributed by atoms with Gasteiger partial charge in [-0.2, -0.15) is 0 Å². The molecule has 0 aliphatic rings. The molecule has 0 aromatic heterocycles. The summed E-state index contributed by atoms with van der Waals surface area (Å²) in [6.45, 7) is 3.75. The lowest BCUT2D eigenvalue weighted by molar-refractivity contribution is -0.384.